The second kappa shape index (κ2) is 13.6. The van der Waals surface area contributed by atoms with Gasteiger partial charge in [-0.05, 0) is 25.2 Å². The number of hydrogen-bond acceptors (Lipinski definition) is 2. The fourth-order valence-corrected chi connectivity index (χ4v) is 2.17. The molecule has 0 bridgehead atoms. The fraction of sp³-hybridized carbons (Fsp3) is 1.00. The van der Waals surface area contributed by atoms with Gasteiger partial charge < -0.3 is 9.84 Å². The molecule has 0 aliphatic carbocycles. The third-order valence-electron chi connectivity index (χ3n) is 3.85. The maximum atomic E-state index is 10.4. The summed E-state index contributed by atoms with van der Waals surface area (Å²) in [7, 11) is 0. The molecule has 114 valence electrons. The molecule has 19 heavy (non-hydrogen) atoms. The van der Waals surface area contributed by atoms with Crippen molar-refractivity contribution in [1.29, 1.82) is 0 Å². The van der Waals surface area contributed by atoms with Gasteiger partial charge in [0.2, 0.25) is 0 Å². The first-order valence-electron chi connectivity index (χ1n) is 7.98. The van der Waals surface area contributed by atoms with Crippen molar-refractivity contribution >= 4 is 0 Å². The van der Waals surface area contributed by atoms with E-state index < -0.39 is 5.79 Å². The molecule has 0 amide bonds. The van der Waals surface area contributed by atoms with Crippen LogP contribution in [0.2, 0.25) is 0 Å². The first-order valence-corrected chi connectivity index (χ1v) is 7.98. The van der Waals surface area contributed by atoms with Crippen LogP contribution in [0.1, 0.15) is 85.5 Å². The largest absolute Gasteiger partial charge is 0.365 e. The van der Waals surface area contributed by atoms with E-state index in [1.54, 1.807) is 0 Å². The van der Waals surface area contributed by atoms with Crippen molar-refractivity contribution in [3.8, 4) is 0 Å². The summed E-state index contributed by atoms with van der Waals surface area (Å²) in [5.74, 6) is -0.274. The normalized spacial score (nSPS) is 15.6. The molecule has 2 atom stereocenters. The molecule has 0 aliphatic rings. The molecule has 0 aliphatic heterocycles. The van der Waals surface area contributed by atoms with Gasteiger partial charge in [0, 0.05) is 28.1 Å². The molecule has 2 unspecified atom stereocenters. The molecule has 0 rings (SSSR count). The van der Waals surface area contributed by atoms with Gasteiger partial charge in [0.15, 0.2) is 5.79 Å². The Labute approximate surface area is 135 Å². The monoisotopic (exact) mass is 306 g/mol. The van der Waals surface area contributed by atoms with E-state index in [1.807, 2.05) is 6.92 Å². The van der Waals surface area contributed by atoms with Crippen LogP contribution >= 0.6 is 0 Å². The SMILES string of the molecule is CCCCCC(O)(CC)OCC(CC)CCCC.[Ti]. The van der Waals surface area contributed by atoms with Crippen LogP contribution in [0.25, 0.3) is 0 Å². The summed E-state index contributed by atoms with van der Waals surface area (Å²) in [6.45, 7) is 9.35. The number of aliphatic hydroxyl groups is 1. The average Bonchev–Trinajstić information content (AvgIpc) is 2.39. The van der Waals surface area contributed by atoms with E-state index in [4.69, 9.17) is 4.74 Å². The van der Waals surface area contributed by atoms with E-state index >= 15 is 0 Å². The van der Waals surface area contributed by atoms with Gasteiger partial charge in [-0.25, -0.2) is 0 Å². The second-order valence-electron chi connectivity index (χ2n) is 5.48. The Morgan fingerprint density at radius 1 is 1.00 bits per heavy atom. The van der Waals surface area contributed by atoms with E-state index in [1.165, 1.54) is 32.1 Å². The summed E-state index contributed by atoms with van der Waals surface area (Å²) in [4.78, 5) is 0. The number of unbranched alkanes of at least 4 members (excludes halogenated alkanes) is 3. The summed E-state index contributed by atoms with van der Waals surface area (Å²) in [6.07, 6.45) is 9.78. The van der Waals surface area contributed by atoms with Gasteiger partial charge in [-0.1, -0.05) is 59.8 Å². The molecule has 0 fully saturated rings. The van der Waals surface area contributed by atoms with Crippen molar-refractivity contribution in [2.75, 3.05) is 6.61 Å². The van der Waals surface area contributed by atoms with Crippen LogP contribution in [-0.4, -0.2) is 17.5 Å². The second-order valence-corrected chi connectivity index (χ2v) is 5.48. The van der Waals surface area contributed by atoms with Gasteiger partial charge in [-0.15, -0.1) is 0 Å². The minimum atomic E-state index is -0.880. The zero-order chi connectivity index (χ0) is 13.9. The van der Waals surface area contributed by atoms with Crippen LogP contribution in [0.3, 0.4) is 0 Å². The minimum Gasteiger partial charge on any atom is -0.365 e. The van der Waals surface area contributed by atoms with Crippen LogP contribution in [0.15, 0.2) is 0 Å². The predicted molar refractivity (Wildman–Crippen MR) is 78.6 cm³/mol. The van der Waals surface area contributed by atoms with Crippen LogP contribution in [0.4, 0.5) is 0 Å². The zero-order valence-corrected chi connectivity index (χ0v) is 15.1. The fourth-order valence-electron chi connectivity index (χ4n) is 2.17. The van der Waals surface area contributed by atoms with Crippen LogP contribution in [0, 0.1) is 5.92 Å². The van der Waals surface area contributed by atoms with Gasteiger partial charge in [0.25, 0.3) is 0 Å². The molecule has 0 aromatic carbocycles. The van der Waals surface area contributed by atoms with E-state index in [2.05, 4.69) is 20.8 Å². The van der Waals surface area contributed by atoms with Gasteiger partial charge >= 0.3 is 0 Å². The third kappa shape index (κ3) is 11.0. The third-order valence-corrected chi connectivity index (χ3v) is 3.85. The summed E-state index contributed by atoms with van der Waals surface area (Å²) in [5, 5.41) is 10.4. The van der Waals surface area contributed by atoms with Crippen LogP contribution in [-0.2, 0) is 26.5 Å². The minimum absolute atomic E-state index is 0. The maximum Gasteiger partial charge on any atom is 0.165 e. The Kier molecular flexibility index (Phi) is 15.7. The maximum absolute atomic E-state index is 10.4. The molecule has 0 aromatic heterocycles. The molecule has 1 N–H and O–H groups in total. The smallest absolute Gasteiger partial charge is 0.165 e. The zero-order valence-electron chi connectivity index (χ0n) is 13.5. The van der Waals surface area contributed by atoms with E-state index in [0.29, 0.717) is 18.9 Å². The Morgan fingerprint density at radius 2 is 1.63 bits per heavy atom. The van der Waals surface area contributed by atoms with E-state index in [0.717, 1.165) is 19.3 Å². The number of hydrogen-bond donors (Lipinski definition) is 1. The molecule has 0 radical (unpaired) electrons. The average molecular weight is 306 g/mol. The molecule has 2 nitrogen and oxygen atoms in total. The summed E-state index contributed by atoms with van der Waals surface area (Å²) >= 11 is 0. The van der Waals surface area contributed by atoms with Crippen molar-refractivity contribution in [3.05, 3.63) is 0 Å². The molecular weight excluding hydrogens is 272 g/mol. The summed E-state index contributed by atoms with van der Waals surface area (Å²) in [5.41, 5.74) is 0. The van der Waals surface area contributed by atoms with Gasteiger partial charge in [-0.3, -0.25) is 0 Å². The summed E-state index contributed by atoms with van der Waals surface area (Å²) in [6, 6.07) is 0. The van der Waals surface area contributed by atoms with Crippen molar-refractivity contribution in [3.63, 3.8) is 0 Å². The first-order chi connectivity index (χ1) is 8.61. The molecule has 3 heteroatoms. The molecule has 0 saturated heterocycles. The van der Waals surface area contributed by atoms with Crippen molar-refractivity contribution in [2.24, 2.45) is 5.92 Å². The Morgan fingerprint density at radius 3 is 2.11 bits per heavy atom. The molecular formula is C16H34O2Ti. The van der Waals surface area contributed by atoms with Crippen molar-refractivity contribution in [2.45, 2.75) is 91.3 Å². The standard InChI is InChI=1S/C16H34O2.Ti/c1-5-9-11-13-16(17,8-4)18-14-15(7-3)12-10-6-2;/h15,17H,5-14H2,1-4H3;. The number of ether oxygens (including phenoxy) is 1. The quantitative estimate of drug-likeness (QED) is 0.316. The molecule has 0 saturated carbocycles. The Balaban J connectivity index is 0. The summed E-state index contributed by atoms with van der Waals surface area (Å²) < 4.78 is 5.83. The van der Waals surface area contributed by atoms with Crippen LogP contribution in [0.5, 0.6) is 0 Å². The Hall–Kier alpha value is 0.634. The number of rotatable bonds is 12. The van der Waals surface area contributed by atoms with Gasteiger partial charge in [0.05, 0.1) is 6.61 Å². The molecule has 0 aromatic rings. The topological polar surface area (TPSA) is 29.5 Å². The van der Waals surface area contributed by atoms with Crippen LogP contribution < -0.4 is 0 Å². The van der Waals surface area contributed by atoms with Crippen molar-refractivity contribution in [1.82, 2.24) is 0 Å². The Bertz CT molecular complexity index is 188. The first kappa shape index (κ1) is 21.9. The van der Waals surface area contributed by atoms with Gasteiger partial charge in [0.1, 0.15) is 0 Å². The predicted octanol–water partition coefficient (Wildman–Crippen LogP) is 4.90. The van der Waals surface area contributed by atoms with Crippen molar-refractivity contribution < 1.29 is 31.6 Å². The van der Waals surface area contributed by atoms with E-state index in [-0.39, 0.29) is 21.7 Å². The molecule has 0 heterocycles. The molecule has 0 spiro atoms. The van der Waals surface area contributed by atoms with E-state index in [9.17, 15) is 5.11 Å². The van der Waals surface area contributed by atoms with Gasteiger partial charge in [-0.2, -0.15) is 0 Å².